The van der Waals surface area contributed by atoms with Crippen molar-refractivity contribution in [2.45, 2.75) is 12.7 Å². The fourth-order valence-electron chi connectivity index (χ4n) is 2.25. The molecule has 0 unspecified atom stereocenters. The molecule has 3 rings (SSSR count). The Bertz CT molecular complexity index is 636. The second kappa shape index (κ2) is 5.18. The number of rotatable bonds is 3. The van der Waals surface area contributed by atoms with Gasteiger partial charge < -0.3 is 4.90 Å². The van der Waals surface area contributed by atoms with Crippen LogP contribution in [0.5, 0.6) is 0 Å². The second-order valence-corrected chi connectivity index (χ2v) is 5.35. The van der Waals surface area contributed by atoms with Crippen LogP contribution in [0.2, 0.25) is 5.02 Å². The van der Waals surface area contributed by atoms with E-state index < -0.39 is 11.9 Å². The third kappa shape index (κ3) is 3.10. The minimum atomic E-state index is -4.45. The molecular weight excluding hydrogens is 307 g/mol. The van der Waals surface area contributed by atoms with Crippen LogP contribution in [0.1, 0.15) is 5.69 Å². The molecule has 0 amide bonds. The summed E-state index contributed by atoms with van der Waals surface area (Å²) in [5, 5.41) is 4.64. The highest BCUT2D eigenvalue weighted by atomic mass is 35.5. The number of anilines is 1. The summed E-state index contributed by atoms with van der Waals surface area (Å²) in [4.78, 5) is 8.93. The topological polar surface area (TPSA) is 46.8 Å². The van der Waals surface area contributed by atoms with E-state index in [1.165, 1.54) is 0 Å². The highest BCUT2D eigenvalue weighted by Gasteiger charge is 2.35. The van der Waals surface area contributed by atoms with Gasteiger partial charge in [-0.05, 0) is 0 Å². The molecule has 0 N–H and O–H groups in total. The van der Waals surface area contributed by atoms with Crippen LogP contribution >= 0.6 is 11.6 Å². The molecule has 1 saturated heterocycles. The quantitative estimate of drug-likeness (QED) is 0.872. The predicted octanol–water partition coefficient (Wildman–Crippen LogP) is 2.48. The van der Waals surface area contributed by atoms with E-state index in [4.69, 9.17) is 11.6 Å². The largest absolute Gasteiger partial charge is 0.433 e. The Hall–Kier alpha value is -1.83. The molecule has 0 atom stereocenters. The van der Waals surface area contributed by atoms with Crippen LogP contribution in [0.25, 0.3) is 0 Å². The first-order chi connectivity index (χ1) is 9.91. The molecule has 0 saturated carbocycles. The summed E-state index contributed by atoms with van der Waals surface area (Å²) >= 11 is 5.77. The summed E-state index contributed by atoms with van der Waals surface area (Å²) in [6.07, 6.45) is -0.235. The number of alkyl halides is 3. The average molecular weight is 318 g/mol. The standard InChI is InChI=1S/C12H11ClF3N5/c13-9-2-19-21(6-9)5-8-3-20(4-8)11-1-10(12(14,15)16)17-7-18-11/h1-2,6-8H,3-5H2. The predicted molar refractivity (Wildman–Crippen MR) is 70.0 cm³/mol. The molecule has 0 bridgehead atoms. The van der Waals surface area contributed by atoms with Crippen molar-refractivity contribution >= 4 is 17.4 Å². The zero-order valence-electron chi connectivity index (χ0n) is 10.8. The monoisotopic (exact) mass is 317 g/mol. The van der Waals surface area contributed by atoms with Crippen LogP contribution in [0, 0.1) is 5.92 Å². The van der Waals surface area contributed by atoms with Crippen molar-refractivity contribution in [3.63, 3.8) is 0 Å². The van der Waals surface area contributed by atoms with Crippen LogP contribution in [-0.4, -0.2) is 32.8 Å². The minimum Gasteiger partial charge on any atom is -0.356 e. The van der Waals surface area contributed by atoms with Crippen LogP contribution in [-0.2, 0) is 12.7 Å². The highest BCUT2D eigenvalue weighted by molar-refractivity contribution is 6.30. The maximum Gasteiger partial charge on any atom is 0.433 e. The summed E-state index contributed by atoms with van der Waals surface area (Å²) in [7, 11) is 0. The van der Waals surface area contributed by atoms with Crippen molar-refractivity contribution in [2.24, 2.45) is 5.92 Å². The number of halogens is 4. The van der Waals surface area contributed by atoms with E-state index in [1.807, 2.05) is 0 Å². The molecule has 1 fully saturated rings. The normalized spacial score (nSPS) is 16.1. The van der Waals surface area contributed by atoms with Gasteiger partial charge in [0.1, 0.15) is 17.8 Å². The SMILES string of the molecule is FC(F)(F)c1cc(N2CC(Cn3cc(Cl)cn3)C2)ncn1. The lowest BCUT2D eigenvalue weighted by atomic mass is 10.0. The van der Waals surface area contributed by atoms with Gasteiger partial charge in [0.15, 0.2) is 0 Å². The highest BCUT2D eigenvalue weighted by Crippen LogP contribution is 2.31. The second-order valence-electron chi connectivity index (χ2n) is 4.91. The molecule has 2 aromatic heterocycles. The molecule has 5 nitrogen and oxygen atoms in total. The van der Waals surface area contributed by atoms with Crippen LogP contribution in [0.3, 0.4) is 0 Å². The number of nitrogens with zero attached hydrogens (tertiary/aromatic N) is 5. The Morgan fingerprint density at radius 2 is 2.05 bits per heavy atom. The average Bonchev–Trinajstić information content (AvgIpc) is 2.78. The summed E-state index contributed by atoms with van der Waals surface area (Å²) < 4.78 is 39.5. The van der Waals surface area contributed by atoms with Gasteiger partial charge >= 0.3 is 6.18 Å². The molecule has 1 aliphatic heterocycles. The van der Waals surface area contributed by atoms with Gasteiger partial charge in [-0.2, -0.15) is 18.3 Å². The van der Waals surface area contributed by atoms with E-state index in [0.717, 1.165) is 12.4 Å². The Balaban J connectivity index is 1.61. The minimum absolute atomic E-state index is 0.298. The van der Waals surface area contributed by atoms with E-state index >= 15 is 0 Å². The van der Waals surface area contributed by atoms with E-state index in [-0.39, 0.29) is 0 Å². The smallest absolute Gasteiger partial charge is 0.356 e. The van der Waals surface area contributed by atoms with Crippen molar-refractivity contribution in [1.82, 2.24) is 19.7 Å². The van der Waals surface area contributed by atoms with Gasteiger partial charge in [-0.1, -0.05) is 11.6 Å². The van der Waals surface area contributed by atoms with Gasteiger partial charge in [-0.25, -0.2) is 9.97 Å². The molecule has 21 heavy (non-hydrogen) atoms. The third-order valence-electron chi connectivity index (χ3n) is 3.27. The fourth-order valence-corrected chi connectivity index (χ4v) is 2.41. The molecule has 9 heteroatoms. The summed E-state index contributed by atoms with van der Waals surface area (Å²) in [5.41, 5.74) is -0.921. The Kier molecular flexibility index (Phi) is 3.48. The van der Waals surface area contributed by atoms with Crippen molar-refractivity contribution < 1.29 is 13.2 Å². The number of hydrogen-bond donors (Lipinski definition) is 0. The maximum absolute atomic E-state index is 12.6. The molecule has 1 aliphatic rings. The van der Waals surface area contributed by atoms with E-state index in [9.17, 15) is 13.2 Å². The zero-order valence-corrected chi connectivity index (χ0v) is 11.5. The van der Waals surface area contributed by atoms with Crippen molar-refractivity contribution in [2.75, 3.05) is 18.0 Å². The van der Waals surface area contributed by atoms with E-state index in [2.05, 4.69) is 15.1 Å². The van der Waals surface area contributed by atoms with E-state index in [1.54, 1.807) is 22.0 Å². The third-order valence-corrected chi connectivity index (χ3v) is 3.47. The Labute approximate surface area is 123 Å². The van der Waals surface area contributed by atoms with E-state index in [0.29, 0.717) is 36.4 Å². The van der Waals surface area contributed by atoms with Gasteiger partial charge in [-0.3, -0.25) is 4.68 Å². The molecule has 112 valence electrons. The fraction of sp³-hybridized carbons (Fsp3) is 0.417. The van der Waals surface area contributed by atoms with Crippen molar-refractivity contribution in [1.29, 1.82) is 0 Å². The lowest BCUT2D eigenvalue weighted by Gasteiger charge is -2.40. The number of aromatic nitrogens is 4. The zero-order chi connectivity index (χ0) is 15.0. The Morgan fingerprint density at radius 1 is 1.29 bits per heavy atom. The van der Waals surface area contributed by atoms with Gasteiger partial charge in [0.2, 0.25) is 0 Å². The van der Waals surface area contributed by atoms with Crippen molar-refractivity contribution in [3.8, 4) is 0 Å². The van der Waals surface area contributed by atoms with Crippen molar-refractivity contribution in [3.05, 3.63) is 35.5 Å². The molecule has 2 aromatic rings. The Morgan fingerprint density at radius 3 is 2.67 bits per heavy atom. The lowest BCUT2D eigenvalue weighted by molar-refractivity contribution is -0.141. The van der Waals surface area contributed by atoms with Gasteiger partial charge in [-0.15, -0.1) is 0 Å². The maximum atomic E-state index is 12.6. The van der Waals surface area contributed by atoms with Crippen LogP contribution < -0.4 is 4.90 Å². The molecular formula is C12H11ClF3N5. The van der Waals surface area contributed by atoms with Gasteiger partial charge in [0.05, 0.1) is 11.2 Å². The molecule has 0 aliphatic carbocycles. The molecule has 3 heterocycles. The van der Waals surface area contributed by atoms with Crippen LogP contribution in [0.15, 0.2) is 24.8 Å². The first kappa shape index (κ1) is 14.1. The molecule has 0 radical (unpaired) electrons. The van der Waals surface area contributed by atoms with Gasteiger partial charge in [0.25, 0.3) is 0 Å². The first-order valence-electron chi connectivity index (χ1n) is 6.24. The first-order valence-corrected chi connectivity index (χ1v) is 6.62. The molecule has 0 aromatic carbocycles. The summed E-state index contributed by atoms with van der Waals surface area (Å²) in [6.45, 7) is 1.94. The summed E-state index contributed by atoms with van der Waals surface area (Å²) in [5.74, 6) is 0.609. The van der Waals surface area contributed by atoms with Crippen LogP contribution in [0.4, 0.5) is 19.0 Å². The lowest BCUT2D eigenvalue weighted by Crippen LogP contribution is -2.49. The molecule has 0 spiro atoms. The van der Waals surface area contributed by atoms with Gasteiger partial charge in [0, 0.05) is 37.8 Å². The summed E-state index contributed by atoms with van der Waals surface area (Å²) in [6, 6.07) is 0.973. The number of hydrogen-bond acceptors (Lipinski definition) is 4.